The van der Waals surface area contributed by atoms with E-state index in [1.54, 1.807) is 26.0 Å². The molecule has 4 nitrogen and oxygen atoms in total. The SMILES string of the molecule is CC(C)Cc1ccc(S(=O)(=O)NC(C)(C)CN)cc1. The highest BCUT2D eigenvalue weighted by Gasteiger charge is 2.24. The molecule has 5 heteroatoms. The van der Waals surface area contributed by atoms with Crippen molar-refractivity contribution >= 4 is 10.0 Å². The number of hydrogen-bond donors (Lipinski definition) is 2. The van der Waals surface area contributed by atoms with Crippen molar-refractivity contribution in [3.63, 3.8) is 0 Å². The molecule has 0 bridgehead atoms. The minimum absolute atomic E-state index is 0.248. The summed E-state index contributed by atoms with van der Waals surface area (Å²) in [5.74, 6) is 0.553. The molecule has 0 amide bonds. The molecule has 19 heavy (non-hydrogen) atoms. The van der Waals surface area contributed by atoms with E-state index in [2.05, 4.69) is 18.6 Å². The number of sulfonamides is 1. The Kier molecular flexibility index (Phi) is 5.12. The summed E-state index contributed by atoms with van der Waals surface area (Å²) in [7, 11) is -3.51. The predicted octanol–water partition coefficient (Wildman–Crippen LogP) is 1.90. The maximum absolute atomic E-state index is 12.2. The van der Waals surface area contributed by atoms with E-state index in [-0.39, 0.29) is 11.4 Å². The lowest BCUT2D eigenvalue weighted by molar-refractivity contribution is 0.462. The van der Waals surface area contributed by atoms with E-state index in [9.17, 15) is 8.42 Å². The second-order valence-corrected chi connectivity index (χ2v) is 7.62. The quantitative estimate of drug-likeness (QED) is 0.838. The molecule has 3 N–H and O–H groups in total. The molecule has 0 aromatic heterocycles. The average Bonchev–Trinajstić information content (AvgIpc) is 2.27. The van der Waals surface area contributed by atoms with Gasteiger partial charge in [-0.3, -0.25) is 0 Å². The van der Waals surface area contributed by atoms with Gasteiger partial charge in [0.25, 0.3) is 0 Å². The number of rotatable bonds is 6. The summed E-state index contributed by atoms with van der Waals surface area (Å²) in [6.45, 7) is 8.04. The Labute approximate surface area is 116 Å². The zero-order valence-electron chi connectivity index (χ0n) is 12.1. The summed E-state index contributed by atoms with van der Waals surface area (Å²) < 4.78 is 27.0. The molecule has 0 atom stereocenters. The number of hydrogen-bond acceptors (Lipinski definition) is 3. The first-order chi connectivity index (χ1) is 8.66. The van der Waals surface area contributed by atoms with Crippen molar-refractivity contribution < 1.29 is 8.42 Å². The zero-order chi connectivity index (χ0) is 14.7. The van der Waals surface area contributed by atoms with E-state index in [4.69, 9.17) is 5.73 Å². The lowest BCUT2D eigenvalue weighted by Gasteiger charge is -2.23. The lowest BCUT2D eigenvalue weighted by Crippen LogP contribution is -2.48. The summed E-state index contributed by atoms with van der Waals surface area (Å²) in [6, 6.07) is 7.02. The third-order valence-electron chi connectivity index (χ3n) is 2.80. The molecule has 0 radical (unpaired) electrons. The van der Waals surface area contributed by atoms with Crippen LogP contribution < -0.4 is 10.5 Å². The fourth-order valence-electron chi connectivity index (χ4n) is 1.74. The molecule has 1 aromatic carbocycles. The smallest absolute Gasteiger partial charge is 0.241 e. The molecule has 0 fully saturated rings. The number of benzene rings is 1. The maximum atomic E-state index is 12.2. The molecule has 0 spiro atoms. The molecule has 1 aromatic rings. The van der Waals surface area contributed by atoms with Gasteiger partial charge in [0.2, 0.25) is 10.0 Å². The van der Waals surface area contributed by atoms with E-state index in [1.807, 2.05) is 12.1 Å². The Morgan fingerprint density at radius 3 is 2.16 bits per heavy atom. The van der Waals surface area contributed by atoms with Crippen LogP contribution in [0.4, 0.5) is 0 Å². The number of nitrogens with one attached hydrogen (secondary N) is 1. The van der Waals surface area contributed by atoms with Crippen LogP contribution in [0.1, 0.15) is 33.3 Å². The largest absolute Gasteiger partial charge is 0.329 e. The van der Waals surface area contributed by atoms with Crippen molar-refractivity contribution in [2.45, 2.75) is 44.6 Å². The van der Waals surface area contributed by atoms with Crippen molar-refractivity contribution in [1.29, 1.82) is 0 Å². The van der Waals surface area contributed by atoms with Gasteiger partial charge in [-0.2, -0.15) is 0 Å². The fraction of sp³-hybridized carbons (Fsp3) is 0.571. The Bertz CT molecular complexity index is 505. The Morgan fingerprint density at radius 1 is 1.21 bits per heavy atom. The zero-order valence-corrected chi connectivity index (χ0v) is 12.9. The van der Waals surface area contributed by atoms with E-state index >= 15 is 0 Å². The highest BCUT2D eigenvalue weighted by Crippen LogP contribution is 2.15. The molecule has 0 saturated heterocycles. The Balaban J connectivity index is 2.91. The van der Waals surface area contributed by atoms with E-state index in [1.165, 1.54) is 0 Å². The second kappa shape index (κ2) is 6.03. The Hall–Kier alpha value is -0.910. The molecular weight excluding hydrogens is 260 g/mol. The minimum Gasteiger partial charge on any atom is -0.329 e. The van der Waals surface area contributed by atoms with Crippen LogP contribution in [0.25, 0.3) is 0 Å². The summed E-state index contributed by atoms with van der Waals surface area (Å²) in [6.07, 6.45) is 0.946. The maximum Gasteiger partial charge on any atom is 0.241 e. The van der Waals surface area contributed by atoms with E-state index < -0.39 is 15.6 Å². The first-order valence-corrected chi connectivity index (χ1v) is 7.97. The van der Waals surface area contributed by atoms with Gasteiger partial charge in [0.05, 0.1) is 4.90 Å². The van der Waals surface area contributed by atoms with Gasteiger partial charge in [-0.15, -0.1) is 0 Å². The van der Waals surface area contributed by atoms with Crippen molar-refractivity contribution in [2.24, 2.45) is 11.7 Å². The molecular formula is C14H24N2O2S. The first-order valence-electron chi connectivity index (χ1n) is 6.49. The van der Waals surface area contributed by atoms with Gasteiger partial charge in [0.1, 0.15) is 0 Å². The molecule has 0 aliphatic rings. The first kappa shape index (κ1) is 16.1. The van der Waals surface area contributed by atoms with Crippen LogP contribution in [0.15, 0.2) is 29.2 Å². The summed E-state index contributed by atoms with van der Waals surface area (Å²) >= 11 is 0. The molecule has 0 aliphatic heterocycles. The van der Waals surface area contributed by atoms with Gasteiger partial charge in [-0.1, -0.05) is 26.0 Å². The van der Waals surface area contributed by atoms with Crippen LogP contribution in [-0.2, 0) is 16.4 Å². The van der Waals surface area contributed by atoms with Crippen LogP contribution in [-0.4, -0.2) is 20.5 Å². The fourth-order valence-corrected chi connectivity index (χ4v) is 3.16. The molecule has 0 unspecified atom stereocenters. The summed E-state index contributed by atoms with van der Waals surface area (Å²) in [5, 5.41) is 0. The van der Waals surface area contributed by atoms with Crippen LogP contribution in [0, 0.1) is 5.92 Å². The standard InChI is InChI=1S/C14H24N2O2S/c1-11(2)9-12-5-7-13(8-6-12)19(17,18)16-14(3,4)10-15/h5-8,11,16H,9-10,15H2,1-4H3. The molecule has 108 valence electrons. The van der Waals surface area contributed by atoms with E-state index in [0.29, 0.717) is 5.92 Å². The van der Waals surface area contributed by atoms with Crippen LogP contribution >= 0.6 is 0 Å². The molecule has 0 saturated carbocycles. The topological polar surface area (TPSA) is 72.2 Å². The monoisotopic (exact) mass is 284 g/mol. The van der Waals surface area contributed by atoms with Gasteiger partial charge in [0, 0.05) is 12.1 Å². The highest BCUT2D eigenvalue weighted by molar-refractivity contribution is 7.89. The van der Waals surface area contributed by atoms with Gasteiger partial charge in [0.15, 0.2) is 0 Å². The predicted molar refractivity (Wildman–Crippen MR) is 78.4 cm³/mol. The van der Waals surface area contributed by atoms with Crippen molar-refractivity contribution in [1.82, 2.24) is 4.72 Å². The van der Waals surface area contributed by atoms with Gasteiger partial charge < -0.3 is 5.73 Å². The summed E-state index contributed by atoms with van der Waals surface area (Å²) in [5.41, 5.74) is 6.05. The molecule has 0 aliphatic carbocycles. The van der Waals surface area contributed by atoms with Crippen molar-refractivity contribution in [3.05, 3.63) is 29.8 Å². The third kappa shape index (κ3) is 4.93. The minimum atomic E-state index is -3.51. The summed E-state index contributed by atoms with van der Waals surface area (Å²) in [4.78, 5) is 0.279. The second-order valence-electron chi connectivity index (χ2n) is 5.94. The van der Waals surface area contributed by atoms with Gasteiger partial charge >= 0.3 is 0 Å². The van der Waals surface area contributed by atoms with Crippen LogP contribution in [0.5, 0.6) is 0 Å². The molecule has 1 rings (SSSR count). The lowest BCUT2D eigenvalue weighted by atomic mass is 10.0. The van der Waals surface area contributed by atoms with Crippen molar-refractivity contribution in [2.75, 3.05) is 6.54 Å². The molecule has 0 heterocycles. The van der Waals surface area contributed by atoms with Crippen LogP contribution in [0.2, 0.25) is 0 Å². The normalized spacial score (nSPS) is 12.9. The van der Waals surface area contributed by atoms with Gasteiger partial charge in [-0.05, 0) is 43.9 Å². The average molecular weight is 284 g/mol. The Morgan fingerprint density at radius 2 is 1.74 bits per heavy atom. The van der Waals surface area contributed by atoms with Gasteiger partial charge in [-0.25, -0.2) is 13.1 Å². The van der Waals surface area contributed by atoms with Crippen molar-refractivity contribution in [3.8, 4) is 0 Å². The van der Waals surface area contributed by atoms with Crippen LogP contribution in [0.3, 0.4) is 0 Å². The number of nitrogens with two attached hydrogens (primary N) is 1. The highest BCUT2D eigenvalue weighted by atomic mass is 32.2. The third-order valence-corrected chi connectivity index (χ3v) is 4.51. The van der Waals surface area contributed by atoms with E-state index in [0.717, 1.165) is 12.0 Å².